The summed E-state index contributed by atoms with van der Waals surface area (Å²) < 4.78 is 5.26. The number of hydrogen-bond acceptors (Lipinski definition) is 4. The van der Waals surface area contributed by atoms with Crippen molar-refractivity contribution in [2.45, 2.75) is 6.42 Å². The lowest BCUT2D eigenvalue weighted by atomic mass is 10.1. The molecule has 0 saturated heterocycles. The van der Waals surface area contributed by atoms with Gasteiger partial charge in [-0.2, -0.15) is 0 Å². The summed E-state index contributed by atoms with van der Waals surface area (Å²) in [5.74, 6) is 0. The minimum absolute atomic E-state index is 0.868. The first kappa shape index (κ1) is 11.1. The monoisotopic (exact) mass is 219 g/mol. The first-order valence-corrected chi connectivity index (χ1v) is 5.57. The van der Waals surface area contributed by atoms with Gasteiger partial charge in [-0.15, -0.1) is 0 Å². The molecule has 0 spiro atoms. The molecular weight excluding hydrogens is 202 g/mol. The lowest BCUT2D eigenvalue weighted by Gasteiger charge is -2.04. The van der Waals surface area contributed by atoms with Crippen LogP contribution in [0.15, 0.2) is 29.0 Å². The molecule has 0 saturated carbocycles. The number of aromatic nitrogens is 1. The Labute approximate surface area is 95.1 Å². The van der Waals surface area contributed by atoms with Crippen LogP contribution in [-0.4, -0.2) is 31.7 Å². The van der Waals surface area contributed by atoms with Gasteiger partial charge >= 0.3 is 0 Å². The van der Waals surface area contributed by atoms with E-state index in [2.05, 4.69) is 27.8 Å². The van der Waals surface area contributed by atoms with Crippen molar-refractivity contribution in [3.8, 4) is 0 Å². The van der Waals surface area contributed by atoms with Crippen LogP contribution in [0.5, 0.6) is 0 Å². The van der Waals surface area contributed by atoms with Crippen molar-refractivity contribution < 1.29 is 4.42 Å². The second kappa shape index (κ2) is 5.63. The van der Waals surface area contributed by atoms with E-state index in [1.54, 1.807) is 0 Å². The zero-order valence-electron chi connectivity index (χ0n) is 9.49. The highest BCUT2D eigenvalue weighted by Crippen LogP contribution is 2.14. The third-order valence-electron chi connectivity index (χ3n) is 2.54. The number of fused-ring (bicyclic) bond motifs is 1. The lowest BCUT2D eigenvalue weighted by Crippen LogP contribution is -2.26. The van der Waals surface area contributed by atoms with E-state index in [0.717, 1.165) is 37.2 Å². The molecule has 1 aromatic carbocycles. The summed E-state index contributed by atoms with van der Waals surface area (Å²) in [6, 6.07) is 6.16. The average molecular weight is 219 g/mol. The number of oxazole rings is 1. The predicted molar refractivity (Wildman–Crippen MR) is 64.5 cm³/mol. The fourth-order valence-electron chi connectivity index (χ4n) is 1.63. The van der Waals surface area contributed by atoms with Gasteiger partial charge in [-0.25, -0.2) is 4.98 Å². The highest BCUT2D eigenvalue weighted by Gasteiger charge is 1.99. The molecule has 0 amide bonds. The highest BCUT2D eigenvalue weighted by atomic mass is 16.3. The second-order valence-electron chi connectivity index (χ2n) is 3.76. The van der Waals surface area contributed by atoms with Crippen LogP contribution in [0.3, 0.4) is 0 Å². The predicted octanol–water partition coefficient (Wildman–Crippen LogP) is 1.18. The Balaban J connectivity index is 1.84. The van der Waals surface area contributed by atoms with Crippen LogP contribution in [0, 0.1) is 0 Å². The van der Waals surface area contributed by atoms with Crippen LogP contribution in [-0.2, 0) is 6.42 Å². The molecule has 0 aliphatic rings. The molecule has 0 atom stereocenters. The van der Waals surface area contributed by atoms with E-state index in [4.69, 9.17) is 4.42 Å². The van der Waals surface area contributed by atoms with Gasteiger partial charge in [0.25, 0.3) is 0 Å². The fourth-order valence-corrected chi connectivity index (χ4v) is 1.63. The number of benzene rings is 1. The molecule has 86 valence electrons. The molecule has 2 rings (SSSR count). The van der Waals surface area contributed by atoms with Crippen molar-refractivity contribution >= 4 is 11.1 Å². The van der Waals surface area contributed by atoms with Gasteiger partial charge in [0.1, 0.15) is 5.52 Å². The first-order valence-electron chi connectivity index (χ1n) is 5.57. The molecule has 4 nitrogen and oxygen atoms in total. The van der Waals surface area contributed by atoms with Crippen LogP contribution >= 0.6 is 0 Å². The van der Waals surface area contributed by atoms with E-state index in [1.165, 1.54) is 12.0 Å². The van der Waals surface area contributed by atoms with E-state index in [-0.39, 0.29) is 0 Å². The number of rotatable bonds is 6. The van der Waals surface area contributed by atoms with Gasteiger partial charge in [0.15, 0.2) is 12.0 Å². The topological polar surface area (TPSA) is 50.1 Å². The molecule has 0 unspecified atom stereocenters. The second-order valence-corrected chi connectivity index (χ2v) is 3.76. The largest absolute Gasteiger partial charge is 0.443 e. The Bertz CT molecular complexity index is 439. The van der Waals surface area contributed by atoms with Gasteiger partial charge in [-0.1, -0.05) is 6.07 Å². The summed E-state index contributed by atoms with van der Waals surface area (Å²) in [7, 11) is 1.96. The zero-order valence-corrected chi connectivity index (χ0v) is 9.49. The molecular formula is C12H17N3O. The molecule has 1 heterocycles. The molecule has 1 aromatic heterocycles. The number of hydrogen-bond donors (Lipinski definition) is 2. The maximum atomic E-state index is 5.26. The Morgan fingerprint density at radius 2 is 2.19 bits per heavy atom. The molecule has 4 heteroatoms. The average Bonchev–Trinajstić information content (AvgIpc) is 2.76. The van der Waals surface area contributed by atoms with Gasteiger partial charge in [0.2, 0.25) is 0 Å². The molecule has 2 N–H and O–H groups in total. The van der Waals surface area contributed by atoms with Crippen molar-refractivity contribution in [2.75, 3.05) is 26.7 Å². The third kappa shape index (κ3) is 2.81. The van der Waals surface area contributed by atoms with Crippen molar-refractivity contribution in [1.29, 1.82) is 0 Å². The van der Waals surface area contributed by atoms with Crippen LogP contribution < -0.4 is 10.6 Å². The van der Waals surface area contributed by atoms with Crippen molar-refractivity contribution in [1.82, 2.24) is 15.6 Å². The van der Waals surface area contributed by atoms with Crippen LogP contribution in [0.4, 0.5) is 0 Å². The van der Waals surface area contributed by atoms with E-state index in [9.17, 15) is 0 Å². The fraction of sp³-hybridized carbons (Fsp3) is 0.417. The van der Waals surface area contributed by atoms with Gasteiger partial charge in [0, 0.05) is 13.1 Å². The number of nitrogens with one attached hydrogen (secondary N) is 2. The third-order valence-corrected chi connectivity index (χ3v) is 2.54. The molecule has 0 radical (unpaired) electrons. The van der Waals surface area contributed by atoms with E-state index in [1.807, 2.05) is 13.1 Å². The summed E-state index contributed by atoms with van der Waals surface area (Å²) >= 11 is 0. The standard InChI is InChI=1S/C12H17N3O/c1-13-6-7-14-5-4-10-2-3-11-12(8-10)16-9-15-11/h2-3,8-9,13-14H,4-7H2,1H3. The van der Waals surface area contributed by atoms with Crippen molar-refractivity contribution in [2.24, 2.45) is 0 Å². The summed E-state index contributed by atoms with van der Waals surface area (Å²) in [5, 5.41) is 6.47. The Hall–Kier alpha value is -1.39. The zero-order chi connectivity index (χ0) is 11.2. The summed E-state index contributed by atoms with van der Waals surface area (Å²) in [4.78, 5) is 4.09. The Morgan fingerprint density at radius 3 is 3.06 bits per heavy atom. The van der Waals surface area contributed by atoms with E-state index < -0.39 is 0 Å². The normalized spacial score (nSPS) is 11.1. The van der Waals surface area contributed by atoms with Crippen LogP contribution in [0.1, 0.15) is 5.56 Å². The number of nitrogens with zero attached hydrogens (tertiary/aromatic N) is 1. The Kier molecular flexibility index (Phi) is 3.91. The van der Waals surface area contributed by atoms with Crippen molar-refractivity contribution in [3.63, 3.8) is 0 Å². The van der Waals surface area contributed by atoms with E-state index in [0.29, 0.717) is 0 Å². The van der Waals surface area contributed by atoms with Gasteiger partial charge in [-0.3, -0.25) is 0 Å². The minimum Gasteiger partial charge on any atom is -0.443 e. The first-order chi connectivity index (χ1) is 7.90. The molecule has 16 heavy (non-hydrogen) atoms. The minimum atomic E-state index is 0.868. The Morgan fingerprint density at radius 1 is 1.25 bits per heavy atom. The summed E-state index contributed by atoms with van der Waals surface area (Å²) in [6.07, 6.45) is 2.50. The van der Waals surface area contributed by atoms with Gasteiger partial charge < -0.3 is 15.1 Å². The van der Waals surface area contributed by atoms with Crippen LogP contribution in [0.2, 0.25) is 0 Å². The maximum Gasteiger partial charge on any atom is 0.181 e. The maximum absolute atomic E-state index is 5.26. The summed E-state index contributed by atoms with van der Waals surface area (Å²) in [6.45, 7) is 2.99. The molecule has 0 aliphatic heterocycles. The van der Waals surface area contributed by atoms with Gasteiger partial charge in [-0.05, 0) is 37.7 Å². The van der Waals surface area contributed by atoms with E-state index >= 15 is 0 Å². The molecule has 0 bridgehead atoms. The smallest absolute Gasteiger partial charge is 0.181 e. The highest BCUT2D eigenvalue weighted by molar-refractivity contribution is 5.72. The van der Waals surface area contributed by atoms with Crippen LogP contribution in [0.25, 0.3) is 11.1 Å². The molecule has 0 aliphatic carbocycles. The summed E-state index contributed by atoms with van der Waals surface area (Å²) in [5.41, 5.74) is 3.07. The lowest BCUT2D eigenvalue weighted by molar-refractivity contribution is 0.601. The van der Waals surface area contributed by atoms with Gasteiger partial charge in [0.05, 0.1) is 0 Å². The quantitative estimate of drug-likeness (QED) is 0.716. The number of likely N-dealkylation sites (N-methyl/N-ethyl adjacent to an activating group) is 1. The van der Waals surface area contributed by atoms with Crippen molar-refractivity contribution in [3.05, 3.63) is 30.2 Å². The molecule has 0 fully saturated rings. The molecule has 2 aromatic rings. The SMILES string of the molecule is CNCCNCCc1ccc2ncoc2c1.